The molecule has 6 nitrogen and oxygen atoms in total. The van der Waals surface area contributed by atoms with Crippen LogP contribution in [0.15, 0.2) is 17.3 Å². The Morgan fingerprint density at radius 2 is 2.33 bits per heavy atom. The molecule has 0 amide bonds. The van der Waals surface area contributed by atoms with E-state index in [4.69, 9.17) is 0 Å². The lowest BCUT2D eigenvalue weighted by Crippen LogP contribution is -2.21. The molecule has 0 saturated heterocycles. The Morgan fingerprint density at radius 3 is 2.75 bits per heavy atom. The van der Waals surface area contributed by atoms with Gasteiger partial charge >= 0.3 is 0 Å². The molecule has 0 aromatic carbocycles. The van der Waals surface area contributed by atoms with Gasteiger partial charge < -0.3 is 0 Å². The van der Waals surface area contributed by atoms with Gasteiger partial charge in [0, 0.05) is 13.2 Å². The second-order valence-electron chi connectivity index (χ2n) is 2.14. The van der Waals surface area contributed by atoms with Crippen LogP contribution >= 0.6 is 0 Å². The van der Waals surface area contributed by atoms with Crippen LogP contribution in [0.2, 0.25) is 0 Å². The number of sulfonamides is 1. The van der Waals surface area contributed by atoms with Gasteiger partial charge in [0.15, 0.2) is 0 Å². The van der Waals surface area contributed by atoms with Gasteiger partial charge in [0.2, 0.25) is 0 Å². The monoisotopic (exact) mass is 191 g/mol. The highest BCUT2D eigenvalue weighted by atomic mass is 32.2. The standard InChI is InChI=1S/C5H9N3O3S/c1-8-4-5(3-6-8)12(9,10)7-11-2/h3-4,7H,1-2H3. The van der Waals surface area contributed by atoms with Crippen molar-refractivity contribution in [2.45, 2.75) is 4.90 Å². The highest BCUT2D eigenvalue weighted by Gasteiger charge is 2.14. The lowest BCUT2D eigenvalue weighted by atomic mass is 10.7. The van der Waals surface area contributed by atoms with Gasteiger partial charge in [-0.15, -0.1) is 0 Å². The van der Waals surface area contributed by atoms with Crippen molar-refractivity contribution in [2.24, 2.45) is 7.05 Å². The van der Waals surface area contributed by atoms with Crippen LogP contribution in [0.4, 0.5) is 0 Å². The van der Waals surface area contributed by atoms with Gasteiger partial charge in [-0.1, -0.05) is 4.89 Å². The van der Waals surface area contributed by atoms with Gasteiger partial charge in [0.05, 0.1) is 13.3 Å². The lowest BCUT2D eigenvalue weighted by molar-refractivity contribution is 0.153. The molecule has 0 spiro atoms. The second kappa shape index (κ2) is 3.21. The molecule has 0 saturated carbocycles. The maximum absolute atomic E-state index is 11.2. The summed E-state index contributed by atoms with van der Waals surface area (Å²) in [6.45, 7) is 0. The molecule has 0 aliphatic carbocycles. The third-order valence-corrected chi connectivity index (χ3v) is 2.40. The summed E-state index contributed by atoms with van der Waals surface area (Å²) in [5, 5.41) is 3.71. The van der Waals surface area contributed by atoms with Gasteiger partial charge in [-0.25, -0.2) is 8.42 Å². The average Bonchev–Trinajstić information content (AvgIpc) is 2.36. The van der Waals surface area contributed by atoms with Crippen molar-refractivity contribution in [3.8, 4) is 0 Å². The fourth-order valence-corrected chi connectivity index (χ4v) is 1.49. The fraction of sp³-hybridized carbons (Fsp3) is 0.400. The van der Waals surface area contributed by atoms with Crippen molar-refractivity contribution in [1.29, 1.82) is 0 Å². The molecular formula is C5H9N3O3S. The average molecular weight is 191 g/mol. The maximum atomic E-state index is 11.2. The molecule has 0 unspecified atom stereocenters. The lowest BCUT2D eigenvalue weighted by Gasteiger charge is -1.98. The SMILES string of the molecule is CONS(=O)(=O)c1cnn(C)c1. The van der Waals surface area contributed by atoms with Gasteiger partial charge in [-0.2, -0.15) is 5.10 Å². The second-order valence-corrected chi connectivity index (χ2v) is 3.79. The number of nitrogens with zero attached hydrogens (tertiary/aromatic N) is 2. The minimum absolute atomic E-state index is 0.0758. The van der Waals surface area contributed by atoms with E-state index in [1.54, 1.807) is 7.05 Å². The van der Waals surface area contributed by atoms with Crippen molar-refractivity contribution in [3.63, 3.8) is 0 Å². The van der Waals surface area contributed by atoms with Gasteiger partial charge in [0.1, 0.15) is 4.90 Å². The zero-order valence-corrected chi connectivity index (χ0v) is 7.50. The zero-order chi connectivity index (χ0) is 9.19. The number of rotatable bonds is 3. The molecule has 1 aromatic heterocycles. The summed E-state index contributed by atoms with van der Waals surface area (Å²) in [7, 11) is -0.684. The number of hydrogen-bond acceptors (Lipinski definition) is 4. The van der Waals surface area contributed by atoms with E-state index in [2.05, 4.69) is 9.94 Å². The third-order valence-electron chi connectivity index (χ3n) is 1.18. The molecule has 68 valence electrons. The Labute approximate surface area is 70.1 Å². The number of aromatic nitrogens is 2. The van der Waals surface area contributed by atoms with Crippen LogP contribution in [-0.2, 0) is 21.9 Å². The quantitative estimate of drug-likeness (QED) is 0.639. The normalized spacial score (nSPS) is 11.8. The first kappa shape index (κ1) is 9.17. The predicted octanol–water partition coefficient (Wildman–Crippen LogP) is -0.740. The van der Waals surface area contributed by atoms with Crippen molar-refractivity contribution >= 4 is 10.0 Å². The molecule has 0 atom stereocenters. The fourth-order valence-electron chi connectivity index (χ4n) is 0.695. The summed E-state index contributed by atoms with van der Waals surface area (Å²) in [5.41, 5.74) is 0. The van der Waals surface area contributed by atoms with Crippen LogP contribution in [0.3, 0.4) is 0 Å². The maximum Gasteiger partial charge on any atom is 0.265 e. The molecular weight excluding hydrogens is 182 g/mol. The molecule has 0 aliphatic rings. The molecule has 1 rings (SSSR count). The first-order valence-corrected chi connectivity index (χ1v) is 4.58. The van der Waals surface area contributed by atoms with Crippen LogP contribution < -0.4 is 4.89 Å². The molecule has 0 bridgehead atoms. The van der Waals surface area contributed by atoms with Crippen molar-refractivity contribution < 1.29 is 13.3 Å². The highest BCUT2D eigenvalue weighted by molar-refractivity contribution is 7.89. The Morgan fingerprint density at radius 1 is 1.67 bits per heavy atom. The Balaban J connectivity index is 2.98. The van der Waals surface area contributed by atoms with Crippen LogP contribution in [0.25, 0.3) is 0 Å². The molecule has 1 aromatic rings. The first-order chi connectivity index (χ1) is 5.56. The topological polar surface area (TPSA) is 73.2 Å². The third kappa shape index (κ3) is 1.81. The summed E-state index contributed by atoms with van der Waals surface area (Å²) in [6.07, 6.45) is 2.61. The van der Waals surface area contributed by atoms with E-state index in [9.17, 15) is 8.42 Å². The van der Waals surface area contributed by atoms with E-state index in [0.29, 0.717) is 0 Å². The van der Waals surface area contributed by atoms with Crippen molar-refractivity contribution in [1.82, 2.24) is 14.7 Å². The van der Waals surface area contributed by atoms with Crippen LogP contribution in [0, 0.1) is 0 Å². The first-order valence-electron chi connectivity index (χ1n) is 3.09. The molecule has 1 N–H and O–H groups in total. The molecule has 12 heavy (non-hydrogen) atoms. The van der Waals surface area contributed by atoms with Crippen molar-refractivity contribution in [2.75, 3.05) is 7.11 Å². The Kier molecular flexibility index (Phi) is 2.46. The Hall–Kier alpha value is -0.920. The number of aryl methyl sites for hydroxylation is 1. The molecule has 0 radical (unpaired) electrons. The number of nitrogens with one attached hydrogen (secondary N) is 1. The van der Waals surface area contributed by atoms with E-state index in [0.717, 1.165) is 0 Å². The van der Waals surface area contributed by atoms with Gasteiger partial charge in [-0.3, -0.25) is 9.52 Å². The summed E-state index contributed by atoms with van der Waals surface area (Å²) >= 11 is 0. The minimum Gasteiger partial charge on any atom is -0.290 e. The molecule has 0 fully saturated rings. The van der Waals surface area contributed by atoms with Crippen LogP contribution in [0.1, 0.15) is 0 Å². The minimum atomic E-state index is -3.55. The van der Waals surface area contributed by atoms with E-state index >= 15 is 0 Å². The summed E-state index contributed by atoms with van der Waals surface area (Å²) in [4.78, 5) is 6.24. The zero-order valence-electron chi connectivity index (χ0n) is 6.68. The van der Waals surface area contributed by atoms with Crippen LogP contribution in [0.5, 0.6) is 0 Å². The van der Waals surface area contributed by atoms with E-state index in [1.807, 2.05) is 4.89 Å². The van der Waals surface area contributed by atoms with Gasteiger partial charge in [-0.05, 0) is 0 Å². The molecule has 1 heterocycles. The van der Waals surface area contributed by atoms with E-state index in [-0.39, 0.29) is 4.90 Å². The van der Waals surface area contributed by atoms with Crippen molar-refractivity contribution in [3.05, 3.63) is 12.4 Å². The largest absolute Gasteiger partial charge is 0.290 e. The predicted molar refractivity (Wildman–Crippen MR) is 40.5 cm³/mol. The Bertz CT molecular complexity index is 356. The van der Waals surface area contributed by atoms with Crippen LogP contribution in [-0.4, -0.2) is 25.3 Å². The summed E-state index contributed by atoms with van der Waals surface area (Å²) < 4.78 is 23.7. The summed E-state index contributed by atoms with van der Waals surface area (Å²) in [5.74, 6) is 0. The molecule has 7 heteroatoms. The smallest absolute Gasteiger partial charge is 0.265 e. The van der Waals surface area contributed by atoms with E-state index < -0.39 is 10.0 Å². The number of hydrogen-bond donors (Lipinski definition) is 1. The summed E-state index contributed by atoms with van der Waals surface area (Å²) in [6, 6.07) is 0. The van der Waals surface area contributed by atoms with Gasteiger partial charge in [0.25, 0.3) is 10.0 Å². The molecule has 0 aliphatic heterocycles. The highest BCUT2D eigenvalue weighted by Crippen LogP contribution is 2.04. The van der Waals surface area contributed by atoms with E-state index in [1.165, 1.54) is 24.2 Å².